The maximum atomic E-state index is 12.7. The number of alkyl halides is 3. The molecule has 0 amide bonds. The molecule has 1 aliphatic carbocycles. The average Bonchev–Trinajstić information content (AvgIpc) is 3.21. The van der Waals surface area contributed by atoms with Gasteiger partial charge < -0.3 is 5.32 Å². The van der Waals surface area contributed by atoms with Crippen molar-refractivity contribution in [2.75, 3.05) is 5.32 Å². The number of hydrogen-bond donors (Lipinski definition) is 1. The third-order valence-corrected chi connectivity index (χ3v) is 3.52. The van der Waals surface area contributed by atoms with E-state index in [0.29, 0.717) is 22.0 Å². The zero-order chi connectivity index (χ0) is 15.0. The predicted molar refractivity (Wildman–Crippen MR) is 76.4 cm³/mol. The molecule has 2 aromatic rings. The van der Waals surface area contributed by atoms with Crippen LogP contribution in [-0.4, -0.2) is 9.97 Å². The molecule has 0 spiro atoms. The zero-order valence-corrected chi connectivity index (χ0v) is 12.4. The van der Waals surface area contributed by atoms with E-state index < -0.39 is 11.7 Å². The third kappa shape index (κ3) is 3.53. The third-order valence-electron chi connectivity index (χ3n) is 3.12. The van der Waals surface area contributed by atoms with Crippen LogP contribution in [0.1, 0.15) is 30.1 Å². The maximum Gasteiger partial charge on any atom is 0.416 e. The summed E-state index contributed by atoms with van der Waals surface area (Å²) in [4.78, 5) is 8.63. The number of anilines is 2. The van der Waals surface area contributed by atoms with E-state index in [4.69, 9.17) is 0 Å². The van der Waals surface area contributed by atoms with Crippen LogP contribution in [0.25, 0.3) is 0 Å². The second kappa shape index (κ2) is 5.29. The fraction of sp³-hybridized carbons (Fsp3) is 0.286. The summed E-state index contributed by atoms with van der Waals surface area (Å²) in [5.74, 6) is 1.57. The molecule has 0 atom stereocenters. The van der Waals surface area contributed by atoms with E-state index in [1.54, 1.807) is 12.1 Å². The van der Waals surface area contributed by atoms with Gasteiger partial charge in [-0.2, -0.15) is 13.2 Å². The standard InChI is InChI=1S/C14H11BrF3N3/c15-11-7-12(21-13(20-11)8-4-5-8)19-10-3-1-2-9(6-10)14(16,17)18/h1-3,6-8H,4-5H2,(H,19,20,21). The molecule has 7 heteroatoms. The summed E-state index contributed by atoms with van der Waals surface area (Å²) >= 11 is 3.30. The highest BCUT2D eigenvalue weighted by atomic mass is 79.9. The Balaban J connectivity index is 1.86. The van der Waals surface area contributed by atoms with Crippen molar-refractivity contribution in [2.45, 2.75) is 24.9 Å². The summed E-state index contributed by atoms with van der Waals surface area (Å²) < 4.78 is 38.7. The lowest BCUT2D eigenvalue weighted by Gasteiger charge is -2.11. The summed E-state index contributed by atoms with van der Waals surface area (Å²) in [5, 5.41) is 2.90. The van der Waals surface area contributed by atoms with Crippen molar-refractivity contribution in [2.24, 2.45) is 0 Å². The zero-order valence-electron chi connectivity index (χ0n) is 10.8. The quantitative estimate of drug-likeness (QED) is 0.795. The van der Waals surface area contributed by atoms with E-state index in [-0.39, 0.29) is 0 Å². The lowest BCUT2D eigenvalue weighted by molar-refractivity contribution is -0.137. The normalized spacial score (nSPS) is 15.0. The van der Waals surface area contributed by atoms with Gasteiger partial charge in [0.15, 0.2) is 0 Å². The van der Waals surface area contributed by atoms with Gasteiger partial charge in [-0.1, -0.05) is 6.07 Å². The van der Waals surface area contributed by atoms with Crippen LogP contribution in [0.2, 0.25) is 0 Å². The Morgan fingerprint density at radius 2 is 1.90 bits per heavy atom. The van der Waals surface area contributed by atoms with Crippen LogP contribution in [0.4, 0.5) is 24.7 Å². The van der Waals surface area contributed by atoms with Gasteiger partial charge in [0, 0.05) is 17.7 Å². The Morgan fingerprint density at radius 1 is 1.14 bits per heavy atom. The molecule has 0 bridgehead atoms. The van der Waals surface area contributed by atoms with E-state index >= 15 is 0 Å². The van der Waals surface area contributed by atoms with Crippen LogP contribution in [0.15, 0.2) is 34.9 Å². The highest BCUT2D eigenvalue weighted by molar-refractivity contribution is 9.10. The fourth-order valence-electron chi connectivity index (χ4n) is 1.94. The molecule has 1 saturated carbocycles. The molecule has 1 fully saturated rings. The lowest BCUT2D eigenvalue weighted by atomic mass is 10.2. The van der Waals surface area contributed by atoms with E-state index in [1.165, 1.54) is 6.07 Å². The van der Waals surface area contributed by atoms with Crippen molar-refractivity contribution < 1.29 is 13.2 Å². The van der Waals surface area contributed by atoms with Crippen LogP contribution in [0.3, 0.4) is 0 Å². The maximum absolute atomic E-state index is 12.7. The molecule has 1 heterocycles. The molecule has 0 saturated heterocycles. The van der Waals surface area contributed by atoms with Crippen molar-refractivity contribution in [1.82, 2.24) is 9.97 Å². The minimum Gasteiger partial charge on any atom is -0.340 e. The first-order valence-corrected chi connectivity index (χ1v) is 7.20. The Morgan fingerprint density at radius 3 is 2.57 bits per heavy atom. The van der Waals surface area contributed by atoms with Crippen molar-refractivity contribution in [3.63, 3.8) is 0 Å². The van der Waals surface area contributed by atoms with E-state index in [9.17, 15) is 13.2 Å². The number of hydrogen-bond acceptors (Lipinski definition) is 3. The van der Waals surface area contributed by atoms with E-state index in [2.05, 4.69) is 31.2 Å². The summed E-state index contributed by atoms with van der Waals surface area (Å²) in [6.07, 6.45) is -2.25. The minimum absolute atomic E-state index is 0.345. The topological polar surface area (TPSA) is 37.8 Å². The fourth-order valence-corrected chi connectivity index (χ4v) is 2.34. The summed E-state index contributed by atoms with van der Waals surface area (Å²) in [5.41, 5.74) is -0.347. The van der Waals surface area contributed by atoms with Crippen molar-refractivity contribution in [3.8, 4) is 0 Å². The number of benzene rings is 1. The highest BCUT2D eigenvalue weighted by Crippen LogP contribution is 2.39. The van der Waals surface area contributed by atoms with Gasteiger partial charge in [-0.3, -0.25) is 0 Å². The van der Waals surface area contributed by atoms with Gasteiger partial charge in [0.2, 0.25) is 0 Å². The van der Waals surface area contributed by atoms with Gasteiger partial charge in [0.25, 0.3) is 0 Å². The van der Waals surface area contributed by atoms with Crippen molar-refractivity contribution in [1.29, 1.82) is 0 Å². The molecule has 21 heavy (non-hydrogen) atoms. The molecule has 0 unspecified atom stereocenters. The first-order valence-electron chi connectivity index (χ1n) is 6.40. The summed E-state index contributed by atoms with van der Waals surface area (Å²) in [7, 11) is 0. The second-order valence-electron chi connectivity index (χ2n) is 4.91. The number of nitrogens with one attached hydrogen (secondary N) is 1. The van der Waals surface area contributed by atoms with Gasteiger partial charge in [-0.05, 0) is 47.0 Å². The van der Waals surface area contributed by atoms with Crippen LogP contribution in [0.5, 0.6) is 0 Å². The molecule has 1 aliphatic rings. The van der Waals surface area contributed by atoms with E-state index in [1.807, 2.05) is 0 Å². The van der Waals surface area contributed by atoms with Crippen LogP contribution < -0.4 is 5.32 Å². The van der Waals surface area contributed by atoms with Crippen LogP contribution in [0, 0.1) is 0 Å². The molecular weight excluding hydrogens is 347 g/mol. The minimum atomic E-state index is -4.36. The van der Waals surface area contributed by atoms with Crippen molar-refractivity contribution in [3.05, 3.63) is 46.3 Å². The van der Waals surface area contributed by atoms with Crippen LogP contribution in [-0.2, 0) is 6.18 Å². The number of halogens is 4. The molecular formula is C14H11BrF3N3. The summed E-state index contributed by atoms with van der Waals surface area (Å²) in [6, 6.07) is 6.68. The average molecular weight is 358 g/mol. The predicted octanol–water partition coefficient (Wildman–Crippen LogP) is 4.88. The van der Waals surface area contributed by atoms with Crippen molar-refractivity contribution >= 4 is 27.4 Å². The largest absolute Gasteiger partial charge is 0.416 e. The monoisotopic (exact) mass is 357 g/mol. The highest BCUT2D eigenvalue weighted by Gasteiger charge is 2.30. The van der Waals surface area contributed by atoms with E-state index in [0.717, 1.165) is 30.8 Å². The Kier molecular flexibility index (Phi) is 3.61. The first kappa shape index (κ1) is 14.3. The van der Waals surface area contributed by atoms with Gasteiger partial charge in [-0.25, -0.2) is 9.97 Å². The van der Waals surface area contributed by atoms with Gasteiger partial charge in [-0.15, -0.1) is 0 Å². The SMILES string of the molecule is FC(F)(F)c1cccc(Nc2cc(Br)nc(C3CC3)n2)c1. The smallest absolute Gasteiger partial charge is 0.340 e. The van der Waals surface area contributed by atoms with Crippen LogP contribution >= 0.6 is 15.9 Å². The summed E-state index contributed by atoms with van der Waals surface area (Å²) in [6.45, 7) is 0. The Hall–Kier alpha value is -1.63. The number of aromatic nitrogens is 2. The molecule has 0 aliphatic heterocycles. The Bertz CT molecular complexity index is 669. The van der Waals surface area contributed by atoms with Gasteiger partial charge >= 0.3 is 6.18 Å². The molecule has 1 aromatic carbocycles. The molecule has 1 N–H and O–H groups in total. The first-order chi connectivity index (χ1) is 9.91. The molecule has 1 aromatic heterocycles. The lowest BCUT2D eigenvalue weighted by Crippen LogP contribution is -2.05. The second-order valence-corrected chi connectivity index (χ2v) is 5.72. The molecule has 3 nitrogen and oxygen atoms in total. The van der Waals surface area contributed by atoms with Gasteiger partial charge in [0.05, 0.1) is 5.56 Å². The number of rotatable bonds is 3. The van der Waals surface area contributed by atoms with Gasteiger partial charge in [0.1, 0.15) is 16.2 Å². The Labute approximate surface area is 127 Å². The molecule has 110 valence electrons. The number of nitrogens with zero attached hydrogens (tertiary/aromatic N) is 2. The molecule has 0 radical (unpaired) electrons. The molecule has 3 rings (SSSR count).